The molecule has 0 aliphatic rings. The number of aromatic nitrogens is 4. The molecular formula is C12H7N5O. The fourth-order valence-electron chi connectivity index (χ4n) is 1.72. The molecule has 18 heavy (non-hydrogen) atoms. The predicted molar refractivity (Wildman–Crippen MR) is 64.7 cm³/mol. The number of hydrogen-bond donors (Lipinski definition) is 2. The summed E-state index contributed by atoms with van der Waals surface area (Å²) in [5.74, 6) is 0.518. The third kappa shape index (κ3) is 1.55. The van der Waals surface area contributed by atoms with Crippen molar-refractivity contribution in [1.29, 1.82) is 5.26 Å². The molecule has 0 atom stereocenters. The van der Waals surface area contributed by atoms with Crippen molar-refractivity contribution in [1.82, 2.24) is 20.2 Å². The van der Waals surface area contributed by atoms with Gasteiger partial charge in [-0.05, 0) is 18.2 Å². The molecule has 6 heteroatoms. The van der Waals surface area contributed by atoms with Gasteiger partial charge in [0, 0.05) is 6.07 Å². The van der Waals surface area contributed by atoms with E-state index in [9.17, 15) is 4.79 Å². The zero-order valence-corrected chi connectivity index (χ0v) is 9.14. The van der Waals surface area contributed by atoms with E-state index < -0.39 is 0 Å². The molecule has 0 fully saturated rings. The second-order valence-corrected chi connectivity index (χ2v) is 3.71. The standard InChI is InChI=1S/C12H7N5O/c13-6-7-2-1-3-8-11(7)15-12(14-8)9-4-5-10(18)17-16-9/h1-5H,(H,14,15)(H,17,18). The number of rotatable bonds is 1. The molecular weight excluding hydrogens is 230 g/mol. The Kier molecular flexibility index (Phi) is 2.17. The van der Waals surface area contributed by atoms with Gasteiger partial charge in [0.1, 0.15) is 17.3 Å². The maximum Gasteiger partial charge on any atom is 0.264 e. The summed E-state index contributed by atoms with van der Waals surface area (Å²) in [5, 5.41) is 15.2. The van der Waals surface area contributed by atoms with Gasteiger partial charge in [0.2, 0.25) is 0 Å². The first kappa shape index (κ1) is 10.2. The average Bonchev–Trinajstić information content (AvgIpc) is 2.83. The summed E-state index contributed by atoms with van der Waals surface area (Å²) >= 11 is 0. The Bertz CT molecular complexity index is 804. The second kappa shape index (κ2) is 3.82. The van der Waals surface area contributed by atoms with E-state index in [1.165, 1.54) is 6.07 Å². The van der Waals surface area contributed by atoms with Crippen LogP contribution < -0.4 is 5.56 Å². The number of hydrogen-bond acceptors (Lipinski definition) is 4. The fourth-order valence-corrected chi connectivity index (χ4v) is 1.72. The normalized spacial score (nSPS) is 10.4. The number of benzene rings is 1. The van der Waals surface area contributed by atoms with Gasteiger partial charge in [-0.15, -0.1) is 0 Å². The van der Waals surface area contributed by atoms with Crippen LogP contribution >= 0.6 is 0 Å². The van der Waals surface area contributed by atoms with Crippen molar-refractivity contribution < 1.29 is 0 Å². The van der Waals surface area contributed by atoms with Crippen LogP contribution in [0, 0.1) is 11.3 Å². The third-order valence-corrected chi connectivity index (χ3v) is 2.55. The lowest BCUT2D eigenvalue weighted by molar-refractivity contribution is 0.985. The molecule has 6 nitrogen and oxygen atoms in total. The zero-order chi connectivity index (χ0) is 12.5. The Hall–Kier alpha value is -2.94. The Morgan fingerprint density at radius 3 is 2.83 bits per heavy atom. The molecule has 0 amide bonds. The van der Waals surface area contributed by atoms with Crippen molar-refractivity contribution in [3.63, 3.8) is 0 Å². The van der Waals surface area contributed by atoms with Gasteiger partial charge in [-0.2, -0.15) is 10.4 Å². The predicted octanol–water partition coefficient (Wildman–Crippen LogP) is 1.18. The molecule has 3 aromatic rings. The van der Waals surface area contributed by atoms with Crippen LogP contribution in [0.4, 0.5) is 0 Å². The van der Waals surface area contributed by atoms with E-state index in [0.717, 1.165) is 5.52 Å². The molecule has 0 aliphatic heterocycles. The summed E-state index contributed by atoms with van der Waals surface area (Å²) in [6.45, 7) is 0. The van der Waals surface area contributed by atoms with Gasteiger partial charge in [-0.1, -0.05) is 6.07 Å². The smallest absolute Gasteiger partial charge is 0.264 e. The van der Waals surface area contributed by atoms with Crippen LogP contribution in [0.1, 0.15) is 5.56 Å². The number of imidazole rings is 1. The maximum absolute atomic E-state index is 10.9. The molecule has 2 N–H and O–H groups in total. The molecule has 2 aromatic heterocycles. The largest absolute Gasteiger partial charge is 0.337 e. The minimum Gasteiger partial charge on any atom is -0.337 e. The Morgan fingerprint density at radius 2 is 2.11 bits per heavy atom. The van der Waals surface area contributed by atoms with E-state index in [1.807, 2.05) is 6.07 Å². The summed E-state index contributed by atoms with van der Waals surface area (Å²) in [6, 6.07) is 10.3. The highest BCUT2D eigenvalue weighted by Gasteiger charge is 2.09. The van der Waals surface area contributed by atoms with Gasteiger partial charge in [0.15, 0.2) is 5.82 Å². The number of nitriles is 1. The van der Waals surface area contributed by atoms with Crippen molar-refractivity contribution in [2.75, 3.05) is 0 Å². The highest BCUT2D eigenvalue weighted by Crippen LogP contribution is 2.20. The van der Waals surface area contributed by atoms with E-state index in [1.54, 1.807) is 18.2 Å². The Labute approximate surface area is 101 Å². The molecule has 86 valence electrons. The molecule has 0 spiro atoms. The molecule has 3 rings (SSSR count). The lowest BCUT2D eigenvalue weighted by Crippen LogP contribution is -2.05. The summed E-state index contributed by atoms with van der Waals surface area (Å²) < 4.78 is 0. The van der Waals surface area contributed by atoms with Gasteiger partial charge < -0.3 is 4.98 Å². The van der Waals surface area contributed by atoms with Gasteiger partial charge in [-0.3, -0.25) is 4.79 Å². The zero-order valence-electron chi connectivity index (χ0n) is 9.14. The number of fused-ring (bicyclic) bond motifs is 1. The van der Waals surface area contributed by atoms with Gasteiger partial charge in [-0.25, -0.2) is 10.1 Å². The average molecular weight is 237 g/mol. The first-order chi connectivity index (χ1) is 8.78. The Morgan fingerprint density at radius 1 is 1.22 bits per heavy atom. The van der Waals surface area contributed by atoms with E-state index in [0.29, 0.717) is 22.6 Å². The summed E-state index contributed by atoms with van der Waals surface area (Å²) in [4.78, 5) is 18.3. The first-order valence-corrected chi connectivity index (χ1v) is 5.23. The van der Waals surface area contributed by atoms with Crippen LogP contribution in [-0.2, 0) is 0 Å². The topological polar surface area (TPSA) is 98.2 Å². The molecule has 2 heterocycles. The van der Waals surface area contributed by atoms with Crippen molar-refractivity contribution in [3.05, 3.63) is 46.2 Å². The number of para-hydroxylation sites is 1. The van der Waals surface area contributed by atoms with E-state index in [2.05, 4.69) is 26.2 Å². The first-order valence-electron chi connectivity index (χ1n) is 5.23. The number of nitrogens with one attached hydrogen (secondary N) is 2. The molecule has 0 saturated heterocycles. The molecule has 0 radical (unpaired) electrons. The van der Waals surface area contributed by atoms with Gasteiger partial charge in [0.25, 0.3) is 5.56 Å². The monoisotopic (exact) mass is 237 g/mol. The van der Waals surface area contributed by atoms with E-state index in [4.69, 9.17) is 5.26 Å². The van der Waals surface area contributed by atoms with Crippen molar-refractivity contribution >= 4 is 11.0 Å². The van der Waals surface area contributed by atoms with Gasteiger partial charge in [0.05, 0.1) is 11.1 Å². The SMILES string of the molecule is N#Cc1cccc2[nH]c(-c3ccc(=O)[nH]n3)nc12. The lowest BCUT2D eigenvalue weighted by Gasteiger charge is -1.91. The number of nitrogens with zero attached hydrogens (tertiary/aromatic N) is 3. The molecule has 0 unspecified atom stereocenters. The molecule has 0 aliphatic carbocycles. The molecule has 1 aromatic carbocycles. The van der Waals surface area contributed by atoms with Crippen LogP contribution in [0.25, 0.3) is 22.6 Å². The maximum atomic E-state index is 10.9. The van der Waals surface area contributed by atoms with Crippen molar-refractivity contribution in [3.8, 4) is 17.6 Å². The minimum absolute atomic E-state index is 0.271. The lowest BCUT2D eigenvalue weighted by atomic mass is 10.2. The minimum atomic E-state index is -0.271. The van der Waals surface area contributed by atoms with Crippen LogP contribution in [0.3, 0.4) is 0 Å². The summed E-state index contributed by atoms with van der Waals surface area (Å²) in [7, 11) is 0. The van der Waals surface area contributed by atoms with Crippen LogP contribution in [0.2, 0.25) is 0 Å². The van der Waals surface area contributed by atoms with Gasteiger partial charge >= 0.3 is 0 Å². The van der Waals surface area contributed by atoms with Crippen LogP contribution in [0.5, 0.6) is 0 Å². The Balaban J connectivity index is 2.23. The van der Waals surface area contributed by atoms with E-state index >= 15 is 0 Å². The summed E-state index contributed by atoms with van der Waals surface area (Å²) in [6.07, 6.45) is 0. The highest BCUT2D eigenvalue weighted by molar-refractivity contribution is 5.83. The summed E-state index contributed by atoms with van der Waals surface area (Å²) in [5.41, 5.74) is 2.11. The van der Waals surface area contributed by atoms with Crippen LogP contribution in [-0.4, -0.2) is 20.2 Å². The third-order valence-electron chi connectivity index (χ3n) is 2.55. The molecule has 0 bridgehead atoms. The molecule has 0 saturated carbocycles. The second-order valence-electron chi connectivity index (χ2n) is 3.71. The van der Waals surface area contributed by atoms with Crippen molar-refractivity contribution in [2.24, 2.45) is 0 Å². The van der Waals surface area contributed by atoms with Crippen LogP contribution in [0.15, 0.2) is 35.1 Å². The fraction of sp³-hybridized carbons (Fsp3) is 0. The highest BCUT2D eigenvalue weighted by atomic mass is 16.1. The van der Waals surface area contributed by atoms with Crippen molar-refractivity contribution in [2.45, 2.75) is 0 Å². The quantitative estimate of drug-likeness (QED) is 0.664. The van der Waals surface area contributed by atoms with E-state index in [-0.39, 0.29) is 5.56 Å². The number of aromatic amines is 2. The number of H-pyrrole nitrogens is 2.